The largest absolute Gasteiger partial charge is 0.465 e. The molecule has 114 valence electrons. The summed E-state index contributed by atoms with van der Waals surface area (Å²) in [5.74, 6) is 2.06. The lowest BCUT2D eigenvalue weighted by Gasteiger charge is -2.20. The van der Waals surface area contributed by atoms with Gasteiger partial charge in [-0.05, 0) is 47.2 Å². The fourth-order valence-corrected chi connectivity index (χ4v) is 2.08. The van der Waals surface area contributed by atoms with E-state index in [1.165, 1.54) is 11.1 Å². The first-order valence-electron chi connectivity index (χ1n) is 7.41. The van der Waals surface area contributed by atoms with Gasteiger partial charge >= 0.3 is 0 Å². The lowest BCUT2D eigenvalue weighted by Crippen LogP contribution is -2.35. The van der Waals surface area contributed by atoms with Crippen LogP contribution in [0.15, 0.2) is 22.6 Å². The van der Waals surface area contributed by atoms with Gasteiger partial charge in [0.25, 0.3) is 0 Å². The zero-order valence-corrected chi connectivity index (χ0v) is 14.0. The van der Waals surface area contributed by atoms with Crippen molar-refractivity contribution in [1.29, 1.82) is 0 Å². The van der Waals surface area contributed by atoms with Crippen LogP contribution in [0.5, 0.6) is 0 Å². The Balaban J connectivity index is 2.66. The molecule has 0 saturated carbocycles. The highest BCUT2D eigenvalue weighted by molar-refractivity contribution is 5.21. The predicted molar refractivity (Wildman–Crippen MR) is 85.8 cm³/mol. The molecule has 3 nitrogen and oxygen atoms in total. The Hall–Kier alpha value is -1.06. The second-order valence-corrected chi connectivity index (χ2v) is 6.66. The van der Waals surface area contributed by atoms with Crippen molar-refractivity contribution in [2.24, 2.45) is 0 Å². The maximum Gasteiger partial charge on any atom is 0.118 e. The van der Waals surface area contributed by atoms with Crippen LogP contribution in [0.25, 0.3) is 0 Å². The zero-order valence-electron chi connectivity index (χ0n) is 14.0. The average Bonchev–Trinajstić information content (AvgIpc) is 2.64. The average molecular weight is 278 g/mol. The Labute approximate surface area is 124 Å². The van der Waals surface area contributed by atoms with E-state index in [9.17, 15) is 0 Å². The smallest absolute Gasteiger partial charge is 0.118 e. The van der Waals surface area contributed by atoms with E-state index in [1.54, 1.807) is 0 Å². The molecular weight excluding hydrogens is 248 g/mol. The van der Waals surface area contributed by atoms with Gasteiger partial charge in [-0.25, -0.2) is 0 Å². The highest BCUT2D eigenvalue weighted by atomic mass is 16.3. The molecule has 1 rings (SSSR count). The van der Waals surface area contributed by atoms with E-state index in [-0.39, 0.29) is 5.54 Å². The summed E-state index contributed by atoms with van der Waals surface area (Å²) < 4.78 is 5.88. The Kier molecular flexibility index (Phi) is 6.03. The molecule has 0 unspecified atom stereocenters. The Morgan fingerprint density at radius 2 is 2.05 bits per heavy atom. The number of aryl methyl sites for hydroxylation is 1. The second kappa shape index (κ2) is 7.09. The SMILES string of the molecule is C=C(C)CN(CC)Cc1cc(CNC(C)(C)C)c(C)o1. The van der Waals surface area contributed by atoms with E-state index in [0.717, 1.165) is 37.7 Å². The third-order valence-corrected chi connectivity index (χ3v) is 3.20. The normalized spacial score (nSPS) is 12.2. The molecule has 1 aromatic rings. The summed E-state index contributed by atoms with van der Waals surface area (Å²) in [6, 6.07) is 2.18. The van der Waals surface area contributed by atoms with Crippen LogP contribution in [0.1, 0.15) is 51.7 Å². The third kappa shape index (κ3) is 5.93. The number of likely N-dealkylation sites (N-methyl/N-ethyl adjacent to an activating group) is 1. The summed E-state index contributed by atoms with van der Waals surface area (Å²) >= 11 is 0. The van der Waals surface area contributed by atoms with Crippen LogP contribution >= 0.6 is 0 Å². The standard InChI is InChI=1S/C17H30N2O/c1-8-19(11-13(2)3)12-16-9-15(14(4)20-16)10-18-17(5,6)7/h9,18H,2,8,10-12H2,1,3-7H3. The summed E-state index contributed by atoms with van der Waals surface area (Å²) in [6.45, 7) is 20.4. The van der Waals surface area contributed by atoms with Crippen LogP contribution in [0.4, 0.5) is 0 Å². The number of furan rings is 1. The molecular formula is C17H30N2O. The Morgan fingerprint density at radius 3 is 2.55 bits per heavy atom. The number of hydrogen-bond donors (Lipinski definition) is 1. The molecule has 20 heavy (non-hydrogen) atoms. The van der Waals surface area contributed by atoms with Crippen LogP contribution < -0.4 is 5.32 Å². The Bertz CT molecular complexity index is 440. The van der Waals surface area contributed by atoms with Gasteiger partial charge in [0, 0.05) is 24.2 Å². The summed E-state index contributed by atoms with van der Waals surface area (Å²) in [6.07, 6.45) is 0. The topological polar surface area (TPSA) is 28.4 Å². The maximum atomic E-state index is 5.88. The zero-order chi connectivity index (χ0) is 15.3. The van der Waals surface area contributed by atoms with E-state index in [0.29, 0.717) is 0 Å². The van der Waals surface area contributed by atoms with Crippen molar-refractivity contribution < 1.29 is 4.42 Å². The van der Waals surface area contributed by atoms with Gasteiger partial charge < -0.3 is 9.73 Å². The van der Waals surface area contributed by atoms with Gasteiger partial charge in [-0.1, -0.05) is 19.1 Å². The highest BCUT2D eigenvalue weighted by Gasteiger charge is 2.14. The number of hydrogen-bond acceptors (Lipinski definition) is 3. The van der Waals surface area contributed by atoms with Crippen LogP contribution in [-0.4, -0.2) is 23.5 Å². The minimum absolute atomic E-state index is 0.124. The van der Waals surface area contributed by atoms with E-state index in [4.69, 9.17) is 4.42 Å². The molecule has 0 radical (unpaired) electrons. The van der Waals surface area contributed by atoms with Crippen molar-refractivity contribution >= 4 is 0 Å². The molecule has 0 bridgehead atoms. The third-order valence-electron chi connectivity index (χ3n) is 3.20. The van der Waals surface area contributed by atoms with Crippen molar-refractivity contribution in [3.8, 4) is 0 Å². The van der Waals surface area contributed by atoms with Gasteiger partial charge in [0.1, 0.15) is 11.5 Å². The summed E-state index contributed by atoms with van der Waals surface area (Å²) in [5.41, 5.74) is 2.56. The predicted octanol–water partition coefficient (Wildman–Crippen LogP) is 3.87. The number of nitrogens with zero attached hydrogens (tertiary/aromatic N) is 1. The van der Waals surface area contributed by atoms with Crippen molar-refractivity contribution in [3.05, 3.63) is 35.3 Å². The molecule has 1 N–H and O–H groups in total. The van der Waals surface area contributed by atoms with Gasteiger partial charge in [-0.3, -0.25) is 4.90 Å². The molecule has 0 aliphatic heterocycles. The monoisotopic (exact) mass is 278 g/mol. The minimum Gasteiger partial charge on any atom is -0.465 e. The molecule has 1 heterocycles. The van der Waals surface area contributed by atoms with Gasteiger partial charge in [-0.15, -0.1) is 0 Å². The lowest BCUT2D eigenvalue weighted by atomic mass is 10.1. The number of rotatable bonds is 7. The van der Waals surface area contributed by atoms with E-state index >= 15 is 0 Å². The molecule has 0 spiro atoms. The van der Waals surface area contributed by atoms with Crippen LogP contribution in [-0.2, 0) is 13.1 Å². The second-order valence-electron chi connectivity index (χ2n) is 6.66. The first-order valence-corrected chi connectivity index (χ1v) is 7.41. The molecule has 1 aromatic heterocycles. The van der Waals surface area contributed by atoms with E-state index in [2.05, 4.69) is 57.5 Å². The van der Waals surface area contributed by atoms with Crippen molar-refractivity contribution in [2.75, 3.05) is 13.1 Å². The molecule has 3 heteroatoms. The fraction of sp³-hybridized carbons (Fsp3) is 0.647. The van der Waals surface area contributed by atoms with E-state index in [1.807, 2.05) is 6.92 Å². The van der Waals surface area contributed by atoms with Gasteiger partial charge in [-0.2, -0.15) is 0 Å². The van der Waals surface area contributed by atoms with Gasteiger partial charge in [0.15, 0.2) is 0 Å². The molecule has 0 aliphatic rings. The lowest BCUT2D eigenvalue weighted by molar-refractivity contribution is 0.274. The van der Waals surface area contributed by atoms with Gasteiger partial charge in [0.05, 0.1) is 6.54 Å². The van der Waals surface area contributed by atoms with Crippen LogP contribution in [0.2, 0.25) is 0 Å². The maximum absolute atomic E-state index is 5.88. The van der Waals surface area contributed by atoms with Crippen molar-refractivity contribution in [3.63, 3.8) is 0 Å². The molecule has 0 atom stereocenters. The molecule has 0 amide bonds. The molecule has 0 aliphatic carbocycles. The molecule has 0 aromatic carbocycles. The first kappa shape index (κ1) is 17.0. The first-order chi connectivity index (χ1) is 9.21. The Morgan fingerprint density at radius 1 is 1.40 bits per heavy atom. The van der Waals surface area contributed by atoms with E-state index < -0.39 is 0 Å². The number of nitrogens with one attached hydrogen (secondary N) is 1. The van der Waals surface area contributed by atoms with Crippen LogP contribution in [0, 0.1) is 6.92 Å². The summed E-state index contributed by atoms with van der Waals surface area (Å²) in [4.78, 5) is 2.33. The highest BCUT2D eigenvalue weighted by Crippen LogP contribution is 2.17. The summed E-state index contributed by atoms with van der Waals surface area (Å²) in [5, 5.41) is 3.50. The van der Waals surface area contributed by atoms with Crippen molar-refractivity contribution in [2.45, 2.75) is 60.2 Å². The summed E-state index contributed by atoms with van der Waals surface area (Å²) in [7, 11) is 0. The van der Waals surface area contributed by atoms with Crippen LogP contribution in [0.3, 0.4) is 0 Å². The van der Waals surface area contributed by atoms with Gasteiger partial charge in [0.2, 0.25) is 0 Å². The molecule has 0 saturated heterocycles. The fourth-order valence-electron chi connectivity index (χ4n) is 2.08. The minimum atomic E-state index is 0.124. The quantitative estimate of drug-likeness (QED) is 0.767. The van der Waals surface area contributed by atoms with Crippen molar-refractivity contribution in [1.82, 2.24) is 10.2 Å². The molecule has 0 fully saturated rings.